The van der Waals surface area contributed by atoms with E-state index in [1.54, 1.807) is 0 Å². The lowest BCUT2D eigenvalue weighted by molar-refractivity contribution is -0.144. The average molecular weight is 277 g/mol. The molecule has 4 nitrogen and oxygen atoms in total. The van der Waals surface area contributed by atoms with Gasteiger partial charge in [-0.1, -0.05) is 37.1 Å². The number of aliphatic hydroxyl groups is 1. The number of hydrogen-bond acceptors (Lipinski definition) is 3. The Morgan fingerprint density at radius 2 is 1.95 bits per heavy atom. The molecule has 0 saturated carbocycles. The fourth-order valence-corrected chi connectivity index (χ4v) is 2.93. The monoisotopic (exact) mass is 277 g/mol. The summed E-state index contributed by atoms with van der Waals surface area (Å²) in [7, 11) is 0. The van der Waals surface area contributed by atoms with E-state index in [0.29, 0.717) is 0 Å². The second-order valence-electron chi connectivity index (χ2n) is 5.36. The van der Waals surface area contributed by atoms with Gasteiger partial charge in [0.25, 0.3) is 0 Å². The zero-order valence-corrected chi connectivity index (χ0v) is 11.8. The first kappa shape index (κ1) is 15.0. The van der Waals surface area contributed by atoms with Crippen molar-refractivity contribution in [2.75, 3.05) is 19.7 Å². The van der Waals surface area contributed by atoms with E-state index in [-0.39, 0.29) is 6.61 Å². The molecule has 0 aliphatic carbocycles. The Bertz CT molecular complexity index is 447. The van der Waals surface area contributed by atoms with Gasteiger partial charge in [0.15, 0.2) is 0 Å². The lowest BCUT2D eigenvalue weighted by Crippen LogP contribution is -2.40. The van der Waals surface area contributed by atoms with Gasteiger partial charge in [0, 0.05) is 13.2 Å². The number of carboxylic acids is 1. The fourth-order valence-electron chi connectivity index (χ4n) is 2.93. The minimum absolute atomic E-state index is 0.245. The van der Waals surface area contributed by atoms with E-state index in [4.69, 9.17) is 5.11 Å². The van der Waals surface area contributed by atoms with E-state index in [9.17, 15) is 9.90 Å². The lowest BCUT2D eigenvalue weighted by Gasteiger charge is -2.34. The van der Waals surface area contributed by atoms with Crippen LogP contribution >= 0.6 is 0 Å². The number of fused-ring (bicyclic) bond motifs is 1. The molecule has 20 heavy (non-hydrogen) atoms. The molecule has 1 aliphatic heterocycles. The second-order valence-corrected chi connectivity index (χ2v) is 5.36. The van der Waals surface area contributed by atoms with Crippen LogP contribution in [0, 0.1) is 0 Å². The summed E-state index contributed by atoms with van der Waals surface area (Å²) in [6.07, 6.45) is 4.82. The first-order valence-corrected chi connectivity index (χ1v) is 7.39. The van der Waals surface area contributed by atoms with E-state index in [1.165, 1.54) is 0 Å². The van der Waals surface area contributed by atoms with Gasteiger partial charge in [-0.3, -0.25) is 9.69 Å². The number of aliphatic hydroxyl groups excluding tert-OH is 1. The smallest absolute Gasteiger partial charge is 0.325 e. The highest BCUT2D eigenvalue weighted by Crippen LogP contribution is 2.30. The predicted octanol–water partition coefficient (Wildman–Crippen LogP) is 2.22. The molecule has 0 saturated heterocycles. The molecule has 1 aromatic rings. The van der Waals surface area contributed by atoms with Crippen LogP contribution in [0.25, 0.3) is 0 Å². The van der Waals surface area contributed by atoms with E-state index in [2.05, 4.69) is 4.90 Å². The second kappa shape index (κ2) is 7.41. The van der Waals surface area contributed by atoms with Gasteiger partial charge in [-0.25, -0.2) is 0 Å². The molecule has 0 radical (unpaired) electrons. The number of carboxylic acid groups (broad SMARTS) is 1. The molecule has 0 amide bonds. The summed E-state index contributed by atoms with van der Waals surface area (Å²) in [5, 5.41) is 18.3. The Morgan fingerprint density at radius 3 is 2.70 bits per heavy atom. The third-order valence-electron chi connectivity index (χ3n) is 3.97. The minimum Gasteiger partial charge on any atom is -0.480 e. The molecule has 0 spiro atoms. The first-order valence-electron chi connectivity index (χ1n) is 7.39. The largest absolute Gasteiger partial charge is 0.480 e. The normalized spacial score (nSPS) is 18.8. The number of carbonyl (C=O) groups is 1. The van der Waals surface area contributed by atoms with Crippen molar-refractivity contribution in [2.24, 2.45) is 0 Å². The summed E-state index contributed by atoms with van der Waals surface area (Å²) in [4.78, 5) is 13.7. The van der Waals surface area contributed by atoms with E-state index in [0.717, 1.165) is 56.3 Å². The van der Waals surface area contributed by atoms with E-state index in [1.807, 2.05) is 24.3 Å². The van der Waals surface area contributed by atoms with E-state index >= 15 is 0 Å². The van der Waals surface area contributed by atoms with Crippen molar-refractivity contribution in [3.05, 3.63) is 35.4 Å². The standard InChI is InChI=1S/C16H23NO3/c18-12-6-2-1-5-10-17-11-9-13-7-3-4-8-14(13)15(17)16(19)20/h3-4,7-8,15,18H,1-2,5-6,9-12H2,(H,19,20). The van der Waals surface area contributed by atoms with Crippen molar-refractivity contribution < 1.29 is 15.0 Å². The van der Waals surface area contributed by atoms with Crippen LogP contribution in [0.2, 0.25) is 0 Å². The molecule has 110 valence electrons. The summed E-state index contributed by atoms with van der Waals surface area (Å²) in [6.45, 7) is 1.87. The van der Waals surface area contributed by atoms with Crippen molar-refractivity contribution in [1.29, 1.82) is 0 Å². The molecular formula is C16H23NO3. The van der Waals surface area contributed by atoms with Crippen molar-refractivity contribution in [2.45, 2.75) is 38.1 Å². The third kappa shape index (κ3) is 3.58. The van der Waals surface area contributed by atoms with Gasteiger partial charge in [-0.05, 0) is 36.9 Å². The highest BCUT2D eigenvalue weighted by atomic mass is 16.4. The van der Waals surface area contributed by atoms with Gasteiger partial charge in [0.2, 0.25) is 0 Å². The Hall–Kier alpha value is -1.39. The minimum atomic E-state index is -0.757. The Labute approximate surface area is 120 Å². The van der Waals surface area contributed by atoms with Crippen LogP contribution in [-0.4, -0.2) is 40.8 Å². The molecule has 2 N–H and O–H groups in total. The summed E-state index contributed by atoms with van der Waals surface area (Å²) in [5.74, 6) is -0.757. The third-order valence-corrected chi connectivity index (χ3v) is 3.97. The summed E-state index contributed by atoms with van der Waals surface area (Å²) < 4.78 is 0. The van der Waals surface area contributed by atoms with Crippen molar-refractivity contribution >= 4 is 5.97 Å². The molecule has 0 aromatic heterocycles. The van der Waals surface area contributed by atoms with Crippen LogP contribution < -0.4 is 0 Å². The van der Waals surface area contributed by atoms with Crippen molar-refractivity contribution in [1.82, 2.24) is 4.90 Å². The van der Waals surface area contributed by atoms with Gasteiger partial charge in [-0.15, -0.1) is 0 Å². The molecule has 2 rings (SSSR count). The Balaban J connectivity index is 1.98. The number of rotatable bonds is 7. The van der Waals surface area contributed by atoms with Gasteiger partial charge >= 0.3 is 5.97 Å². The molecular weight excluding hydrogens is 254 g/mol. The maximum Gasteiger partial charge on any atom is 0.325 e. The van der Waals surface area contributed by atoms with Gasteiger partial charge < -0.3 is 10.2 Å². The molecule has 1 heterocycles. The quantitative estimate of drug-likeness (QED) is 0.750. The number of nitrogens with zero attached hydrogens (tertiary/aromatic N) is 1. The molecule has 1 unspecified atom stereocenters. The molecule has 1 aliphatic rings. The first-order chi connectivity index (χ1) is 9.74. The van der Waals surface area contributed by atoms with Gasteiger partial charge in [0.05, 0.1) is 0 Å². The topological polar surface area (TPSA) is 60.8 Å². The number of unbranched alkanes of at least 4 members (excludes halogenated alkanes) is 3. The van der Waals surface area contributed by atoms with Crippen LogP contribution in [0.5, 0.6) is 0 Å². The maximum atomic E-state index is 11.6. The number of benzene rings is 1. The van der Waals surface area contributed by atoms with Crippen LogP contribution in [0.3, 0.4) is 0 Å². The number of hydrogen-bond donors (Lipinski definition) is 2. The van der Waals surface area contributed by atoms with Crippen LogP contribution in [0.4, 0.5) is 0 Å². The van der Waals surface area contributed by atoms with Crippen molar-refractivity contribution in [3.8, 4) is 0 Å². The predicted molar refractivity (Wildman–Crippen MR) is 77.6 cm³/mol. The molecule has 0 bridgehead atoms. The summed E-state index contributed by atoms with van der Waals surface area (Å²) in [5.41, 5.74) is 2.11. The zero-order chi connectivity index (χ0) is 14.4. The maximum absolute atomic E-state index is 11.6. The molecule has 1 atom stereocenters. The van der Waals surface area contributed by atoms with Crippen LogP contribution in [-0.2, 0) is 11.2 Å². The molecule has 0 fully saturated rings. The lowest BCUT2D eigenvalue weighted by atomic mass is 9.92. The Kier molecular flexibility index (Phi) is 5.56. The van der Waals surface area contributed by atoms with E-state index < -0.39 is 12.0 Å². The summed E-state index contributed by atoms with van der Waals surface area (Å²) >= 11 is 0. The number of aliphatic carboxylic acids is 1. The zero-order valence-electron chi connectivity index (χ0n) is 11.8. The Morgan fingerprint density at radius 1 is 1.20 bits per heavy atom. The fraction of sp³-hybridized carbons (Fsp3) is 0.562. The highest BCUT2D eigenvalue weighted by Gasteiger charge is 2.31. The van der Waals surface area contributed by atoms with Crippen LogP contribution in [0.1, 0.15) is 42.9 Å². The highest BCUT2D eigenvalue weighted by molar-refractivity contribution is 5.76. The van der Waals surface area contributed by atoms with Crippen LogP contribution in [0.15, 0.2) is 24.3 Å². The molecule has 4 heteroatoms. The molecule has 1 aromatic carbocycles. The van der Waals surface area contributed by atoms with Gasteiger partial charge in [-0.2, -0.15) is 0 Å². The summed E-state index contributed by atoms with van der Waals surface area (Å²) in [6, 6.07) is 7.36. The van der Waals surface area contributed by atoms with Gasteiger partial charge in [0.1, 0.15) is 6.04 Å². The SMILES string of the molecule is O=C(O)C1c2ccccc2CCN1CCCCCCO. The average Bonchev–Trinajstić information content (AvgIpc) is 2.46. The van der Waals surface area contributed by atoms with Crippen molar-refractivity contribution in [3.63, 3.8) is 0 Å².